The van der Waals surface area contributed by atoms with Gasteiger partial charge in [0.05, 0.1) is 18.3 Å². The quantitative estimate of drug-likeness (QED) is 0.766. The smallest absolute Gasteiger partial charge is 0.0897 e. The van der Waals surface area contributed by atoms with Crippen LogP contribution in [0.5, 0.6) is 0 Å². The lowest BCUT2D eigenvalue weighted by atomic mass is 10.0. The highest BCUT2D eigenvalue weighted by atomic mass is 32.2. The largest absolute Gasteiger partial charge is 0.389 e. The fraction of sp³-hybridized carbons (Fsp3) is 1.00. The summed E-state index contributed by atoms with van der Waals surface area (Å²) >= 11 is 2.05. The second kappa shape index (κ2) is 7.62. The van der Waals surface area contributed by atoms with Gasteiger partial charge in [0, 0.05) is 6.54 Å². The fourth-order valence-corrected chi connectivity index (χ4v) is 3.01. The van der Waals surface area contributed by atoms with E-state index in [-0.39, 0.29) is 5.60 Å². The Kier molecular flexibility index (Phi) is 6.85. The fourth-order valence-electron chi connectivity index (χ4n) is 1.81. The van der Waals surface area contributed by atoms with Crippen LogP contribution < -0.4 is 5.32 Å². The summed E-state index contributed by atoms with van der Waals surface area (Å²) in [5.74, 6) is 3.39. The second-order valence-corrected chi connectivity index (χ2v) is 7.02. The molecule has 1 saturated heterocycles. The molecule has 2 N–H and O–H groups in total. The van der Waals surface area contributed by atoms with Crippen molar-refractivity contribution < 1.29 is 9.84 Å². The summed E-state index contributed by atoms with van der Waals surface area (Å²) in [6, 6.07) is 0. The van der Waals surface area contributed by atoms with E-state index in [0.29, 0.717) is 13.2 Å². The van der Waals surface area contributed by atoms with Crippen molar-refractivity contribution in [1.82, 2.24) is 5.32 Å². The Bertz CT molecular complexity index is 200. The van der Waals surface area contributed by atoms with Gasteiger partial charge in [-0.1, -0.05) is 0 Å². The van der Waals surface area contributed by atoms with Crippen molar-refractivity contribution in [2.24, 2.45) is 5.92 Å². The van der Waals surface area contributed by atoms with Gasteiger partial charge in [0.15, 0.2) is 0 Å². The molecule has 0 aromatic heterocycles. The van der Waals surface area contributed by atoms with E-state index in [4.69, 9.17) is 4.74 Å². The Morgan fingerprint density at radius 2 is 2.00 bits per heavy atom. The van der Waals surface area contributed by atoms with E-state index >= 15 is 0 Å². The van der Waals surface area contributed by atoms with Gasteiger partial charge in [-0.2, -0.15) is 11.8 Å². The summed E-state index contributed by atoms with van der Waals surface area (Å²) in [6.45, 7) is 8.11. The zero-order valence-corrected chi connectivity index (χ0v) is 12.2. The van der Waals surface area contributed by atoms with Crippen LogP contribution in [0.1, 0.15) is 33.6 Å². The number of aliphatic hydroxyl groups excluding tert-OH is 1. The average molecular weight is 261 g/mol. The number of ether oxygens (including phenoxy) is 1. The lowest BCUT2D eigenvalue weighted by Crippen LogP contribution is -2.36. The van der Waals surface area contributed by atoms with Crippen molar-refractivity contribution in [3.05, 3.63) is 0 Å². The van der Waals surface area contributed by atoms with E-state index in [0.717, 1.165) is 12.5 Å². The van der Waals surface area contributed by atoms with E-state index < -0.39 is 6.10 Å². The van der Waals surface area contributed by atoms with Crippen LogP contribution in [0.15, 0.2) is 0 Å². The molecular formula is C13H27NO2S. The van der Waals surface area contributed by atoms with Crippen LogP contribution in [-0.2, 0) is 4.74 Å². The zero-order chi connectivity index (χ0) is 12.7. The van der Waals surface area contributed by atoms with Gasteiger partial charge in [-0.25, -0.2) is 0 Å². The number of nitrogens with one attached hydrogen (secondary N) is 1. The lowest BCUT2D eigenvalue weighted by Gasteiger charge is -2.24. The Hall–Kier alpha value is 0.230. The molecule has 0 aromatic carbocycles. The Morgan fingerprint density at radius 3 is 2.59 bits per heavy atom. The van der Waals surface area contributed by atoms with Gasteiger partial charge in [-0.05, 0) is 57.6 Å². The van der Waals surface area contributed by atoms with Crippen molar-refractivity contribution in [3.8, 4) is 0 Å². The summed E-state index contributed by atoms with van der Waals surface area (Å²) in [6.07, 6.45) is 2.23. The van der Waals surface area contributed by atoms with E-state index in [1.165, 1.54) is 24.3 Å². The molecule has 4 heteroatoms. The first kappa shape index (κ1) is 15.3. The maximum atomic E-state index is 9.75. The lowest BCUT2D eigenvalue weighted by molar-refractivity contribution is -0.0479. The van der Waals surface area contributed by atoms with Crippen LogP contribution in [0.2, 0.25) is 0 Å². The molecule has 0 aliphatic carbocycles. The maximum Gasteiger partial charge on any atom is 0.0897 e. The molecular weight excluding hydrogens is 234 g/mol. The summed E-state index contributed by atoms with van der Waals surface area (Å²) in [5, 5.41) is 13.1. The molecule has 0 spiro atoms. The number of hydrogen-bond acceptors (Lipinski definition) is 4. The van der Waals surface area contributed by atoms with Crippen molar-refractivity contribution in [2.45, 2.75) is 45.3 Å². The van der Waals surface area contributed by atoms with Gasteiger partial charge in [0.1, 0.15) is 0 Å². The Balaban J connectivity index is 2.01. The Morgan fingerprint density at radius 1 is 1.35 bits per heavy atom. The summed E-state index contributed by atoms with van der Waals surface area (Å²) in [7, 11) is 0. The number of rotatable bonds is 6. The second-order valence-electron chi connectivity index (χ2n) is 5.79. The van der Waals surface area contributed by atoms with Crippen LogP contribution in [-0.4, -0.2) is 48.0 Å². The van der Waals surface area contributed by atoms with E-state index in [1.807, 2.05) is 20.8 Å². The Labute approximate surface area is 110 Å². The standard InChI is InChI=1S/C13H27NO2S/c1-13(2,3)16-10-12(15)9-14-8-11-4-6-17-7-5-11/h11-12,14-15H,4-10H2,1-3H3. The van der Waals surface area contributed by atoms with Crippen LogP contribution >= 0.6 is 11.8 Å². The van der Waals surface area contributed by atoms with Gasteiger partial charge in [-0.15, -0.1) is 0 Å². The summed E-state index contributed by atoms with van der Waals surface area (Å²) in [5.41, 5.74) is -0.165. The molecule has 1 unspecified atom stereocenters. The first-order chi connectivity index (χ1) is 7.97. The van der Waals surface area contributed by atoms with E-state index in [9.17, 15) is 5.11 Å². The highest BCUT2D eigenvalue weighted by Gasteiger charge is 2.15. The predicted octanol–water partition coefficient (Wildman–Crippen LogP) is 1.90. The summed E-state index contributed by atoms with van der Waals surface area (Å²) < 4.78 is 5.54. The van der Waals surface area contributed by atoms with Crippen LogP contribution in [0.4, 0.5) is 0 Å². The van der Waals surface area contributed by atoms with Crippen molar-refractivity contribution in [1.29, 1.82) is 0 Å². The third-order valence-electron chi connectivity index (χ3n) is 2.86. The van der Waals surface area contributed by atoms with Crippen molar-refractivity contribution in [2.75, 3.05) is 31.2 Å². The molecule has 17 heavy (non-hydrogen) atoms. The number of aliphatic hydroxyl groups is 1. The third kappa shape index (κ3) is 8.03. The molecule has 0 saturated carbocycles. The zero-order valence-electron chi connectivity index (χ0n) is 11.4. The van der Waals surface area contributed by atoms with Gasteiger partial charge in [0.2, 0.25) is 0 Å². The molecule has 3 nitrogen and oxygen atoms in total. The SMILES string of the molecule is CC(C)(C)OCC(O)CNCC1CCSCC1. The summed E-state index contributed by atoms with van der Waals surface area (Å²) in [4.78, 5) is 0. The minimum atomic E-state index is -0.396. The van der Waals surface area contributed by atoms with Gasteiger partial charge < -0.3 is 15.2 Å². The number of hydrogen-bond donors (Lipinski definition) is 2. The molecule has 0 radical (unpaired) electrons. The molecule has 1 aliphatic heterocycles. The molecule has 1 rings (SSSR count). The van der Waals surface area contributed by atoms with Crippen LogP contribution in [0.3, 0.4) is 0 Å². The molecule has 0 bridgehead atoms. The van der Waals surface area contributed by atoms with Crippen LogP contribution in [0.25, 0.3) is 0 Å². The van der Waals surface area contributed by atoms with Gasteiger partial charge in [-0.3, -0.25) is 0 Å². The third-order valence-corrected chi connectivity index (χ3v) is 3.91. The topological polar surface area (TPSA) is 41.5 Å². The van der Waals surface area contributed by atoms with Crippen molar-refractivity contribution in [3.63, 3.8) is 0 Å². The van der Waals surface area contributed by atoms with E-state index in [2.05, 4.69) is 17.1 Å². The van der Waals surface area contributed by atoms with Crippen LogP contribution in [0, 0.1) is 5.92 Å². The highest BCUT2D eigenvalue weighted by molar-refractivity contribution is 7.99. The maximum absolute atomic E-state index is 9.75. The first-order valence-corrected chi connectivity index (χ1v) is 7.73. The average Bonchev–Trinajstić information content (AvgIpc) is 2.27. The monoisotopic (exact) mass is 261 g/mol. The van der Waals surface area contributed by atoms with Crippen molar-refractivity contribution >= 4 is 11.8 Å². The molecule has 0 amide bonds. The molecule has 1 fully saturated rings. The normalized spacial score (nSPS) is 20.5. The minimum absolute atomic E-state index is 0.165. The minimum Gasteiger partial charge on any atom is -0.389 e. The molecule has 1 heterocycles. The van der Waals surface area contributed by atoms with Gasteiger partial charge >= 0.3 is 0 Å². The molecule has 1 aliphatic rings. The van der Waals surface area contributed by atoms with E-state index in [1.54, 1.807) is 0 Å². The highest BCUT2D eigenvalue weighted by Crippen LogP contribution is 2.21. The molecule has 0 aromatic rings. The predicted molar refractivity (Wildman–Crippen MR) is 74.6 cm³/mol. The first-order valence-electron chi connectivity index (χ1n) is 6.58. The van der Waals surface area contributed by atoms with Gasteiger partial charge in [0.25, 0.3) is 0 Å². The molecule has 102 valence electrons. The molecule has 1 atom stereocenters. The number of thioether (sulfide) groups is 1.